The van der Waals surface area contributed by atoms with Crippen LogP contribution in [0.1, 0.15) is 57.3 Å². The van der Waals surface area contributed by atoms with E-state index >= 15 is 0 Å². The number of benzene rings is 1. The highest BCUT2D eigenvalue weighted by molar-refractivity contribution is 7.89. The van der Waals surface area contributed by atoms with Gasteiger partial charge in [0, 0.05) is 11.6 Å². The van der Waals surface area contributed by atoms with Gasteiger partial charge in [0.05, 0.1) is 4.90 Å². The summed E-state index contributed by atoms with van der Waals surface area (Å²) in [6.07, 6.45) is 2.89. The van der Waals surface area contributed by atoms with E-state index in [2.05, 4.69) is 18.6 Å². The third kappa shape index (κ3) is 5.98. The fourth-order valence-corrected chi connectivity index (χ4v) is 3.43. The van der Waals surface area contributed by atoms with Crippen LogP contribution < -0.4 is 4.72 Å². The maximum absolute atomic E-state index is 12.3. The third-order valence-electron chi connectivity index (χ3n) is 3.33. The standard InChI is InChI=1S/C16H25NO3S/c1-12(2)7-5-8-13(3)17-21(19,20)16-10-6-9-15(11-16)14(4)18/h6,9-13,17H,5,7-8H2,1-4H3. The number of sulfonamides is 1. The Balaban J connectivity index is 2.72. The first-order chi connectivity index (χ1) is 9.72. The lowest BCUT2D eigenvalue weighted by atomic mass is 10.0. The lowest BCUT2D eigenvalue weighted by Crippen LogP contribution is -2.32. The van der Waals surface area contributed by atoms with E-state index in [-0.39, 0.29) is 16.7 Å². The number of carbonyl (C=O) groups is 1. The molecule has 5 heteroatoms. The molecule has 4 nitrogen and oxygen atoms in total. The number of rotatable bonds is 8. The van der Waals surface area contributed by atoms with Crippen LogP contribution in [-0.4, -0.2) is 20.2 Å². The SMILES string of the molecule is CC(=O)c1cccc(S(=O)(=O)NC(C)CCCC(C)C)c1. The van der Waals surface area contributed by atoms with Crippen LogP contribution >= 0.6 is 0 Å². The van der Waals surface area contributed by atoms with Gasteiger partial charge in [-0.05, 0) is 38.3 Å². The average Bonchev–Trinajstić information content (AvgIpc) is 2.37. The van der Waals surface area contributed by atoms with E-state index in [4.69, 9.17) is 0 Å². The summed E-state index contributed by atoms with van der Waals surface area (Å²) in [5.41, 5.74) is 0.408. The molecule has 0 bridgehead atoms. The third-order valence-corrected chi connectivity index (χ3v) is 4.91. The van der Waals surface area contributed by atoms with Crippen LogP contribution in [0.15, 0.2) is 29.2 Å². The van der Waals surface area contributed by atoms with E-state index in [1.165, 1.54) is 19.1 Å². The van der Waals surface area contributed by atoms with Gasteiger partial charge in [-0.1, -0.05) is 38.8 Å². The molecule has 0 heterocycles. The summed E-state index contributed by atoms with van der Waals surface area (Å²) in [6, 6.07) is 6.03. The Morgan fingerprint density at radius 2 is 1.86 bits per heavy atom. The normalized spacial score (nSPS) is 13.4. The van der Waals surface area contributed by atoms with Gasteiger partial charge >= 0.3 is 0 Å². The highest BCUT2D eigenvalue weighted by Gasteiger charge is 2.18. The quantitative estimate of drug-likeness (QED) is 0.749. The van der Waals surface area contributed by atoms with E-state index in [0.29, 0.717) is 11.5 Å². The van der Waals surface area contributed by atoms with Crippen molar-refractivity contribution in [1.82, 2.24) is 4.72 Å². The van der Waals surface area contributed by atoms with E-state index in [0.717, 1.165) is 19.3 Å². The molecule has 0 radical (unpaired) electrons. The zero-order chi connectivity index (χ0) is 16.0. The first-order valence-corrected chi connectivity index (χ1v) is 8.84. The van der Waals surface area contributed by atoms with E-state index in [1.54, 1.807) is 12.1 Å². The Labute approximate surface area is 128 Å². The molecular weight excluding hydrogens is 286 g/mol. The van der Waals surface area contributed by atoms with Crippen LogP contribution in [0, 0.1) is 5.92 Å². The Morgan fingerprint density at radius 1 is 1.19 bits per heavy atom. The molecule has 21 heavy (non-hydrogen) atoms. The Morgan fingerprint density at radius 3 is 2.43 bits per heavy atom. The molecule has 1 unspecified atom stereocenters. The minimum atomic E-state index is -3.57. The topological polar surface area (TPSA) is 63.2 Å². The van der Waals surface area contributed by atoms with Crippen LogP contribution in [0.2, 0.25) is 0 Å². The van der Waals surface area contributed by atoms with Gasteiger partial charge in [-0.2, -0.15) is 0 Å². The molecule has 0 spiro atoms. The molecule has 0 amide bonds. The lowest BCUT2D eigenvalue weighted by Gasteiger charge is -2.15. The summed E-state index contributed by atoms with van der Waals surface area (Å²) in [5.74, 6) is 0.484. The van der Waals surface area contributed by atoms with E-state index in [1.807, 2.05) is 6.92 Å². The van der Waals surface area contributed by atoms with E-state index < -0.39 is 10.0 Å². The second-order valence-corrected chi connectivity index (χ2v) is 7.65. The fraction of sp³-hybridized carbons (Fsp3) is 0.562. The number of hydrogen-bond donors (Lipinski definition) is 1. The summed E-state index contributed by atoms with van der Waals surface area (Å²) in [7, 11) is -3.57. The molecule has 0 saturated heterocycles. The van der Waals surface area contributed by atoms with Gasteiger partial charge < -0.3 is 0 Å². The Bertz CT molecular complexity index is 579. The molecule has 1 atom stereocenters. The highest BCUT2D eigenvalue weighted by atomic mass is 32.2. The Hall–Kier alpha value is -1.20. The maximum atomic E-state index is 12.3. The minimum absolute atomic E-state index is 0.116. The minimum Gasteiger partial charge on any atom is -0.295 e. The second kappa shape index (κ2) is 7.71. The molecule has 1 N–H and O–H groups in total. The highest BCUT2D eigenvalue weighted by Crippen LogP contribution is 2.14. The maximum Gasteiger partial charge on any atom is 0.240 e. The van der Waals surface area contributed by atoms with Gasteiger partial charge in [0.15, 0.2) is 5.78 Å². The summed E-state index contributed by atoms with van der Waals surface area (Å²) < 4.78 is 27.3. The van der Waals surface area contributed by atoms with E-state index in [9.17, 15) is 13.2 Å². The van der Waals surface area contributed by atoms with Crippen LogP contribution in [-0.2, 0) is 10.0 Å². The summed E-state index contributed by atoms with van der Waals surface area (Å²) in [5, 5.41) is 0. The van der Waals surface area contributed by atoms with Gasteiger partial charge in [0.2, 0.25) is 10.0 Å². The van der Waals surface area contributed by atoms with Gasteiger partial charge in [-0.25, -0.2) is 13.1 Å². The molecule has 0 aliphatic carbocycles. The van der Waals surface area contributed by atoms with Crippen LogP contribution in [0.25, 0.3) is 0 Å². The first kappa shape index (κ1) is 17.9. The molecule has 0 saturated carbocycles. The van der Waals surface area contributed by atoms with Crippen molar-refractivity contribution in [3.63, 3.8) is 0 Å². The van der Waals surface area contributed by atoms with Crippen LogP contribution in [0.4, 0.5) is 0 Å². The van der Waals surface area contributed by atoms with Crippen molar-refractivity contribution in [2.45, 2.75) is 57.9 Å². The van der Waals surface area contributed by atoms with Gasteiger partial charge in [0.25, 0.3) is 0 Å². The van der Waals surface area contributed by atoms with Crippen molar-refractivity contribution in [1.29, 1.82) is 0 Å². The smallest absolute Gasteiger partial charge is 0.240 e. The summed E-state index contributed by atoms with van der Waals surface area (Å²) >= 11 is 0. The fourth-order valence-electron chi connectivity index (χ4n) is 2.11. The summed E-state index contributed by atoms with van der Waals surface area (Å²) in [6.45, 7) is 7.60. The van der Waals surface area contributed by atoms with Crippen molar-refractivity contribution in [3.8, 4) is 0 Å². The van der Waals surface area contributed by atoms with Crippen molar-refractivity contribution >= 4 is 15.8 Å². The molecule has 0 fully saturated rings. The van der Waals surface area contributed by atoms with Crippen LogP contribution in [0.5, 0.6) is 0 Å². The molecule has 1 rings (SSSR count). The number of carbonyl (C=O) groups excluding carboxylic acids is 1. The van der Waals surface area contributed by atoms with Crippen molar-refractivity contribution in [2.24, 2.45) is 5.92 Å². The van der Waals surface area contributed by atoms with Gasteiger partial charge in [-0.15, -0.1) is 0 Å². The van der Waals surface area contributed by atoms with Crippen molar-refractivity contribution < 1.29 is 13.2 Å². The predicted molar refractivity (Wildman–Crippen MR) is 84.9 cm³/mol. The molecule has 118 valence electrons. The number of ketones is 1. The number of Topliss-reactive ketones (excluding diaryl/α,β-unsaturated/α-hetero) is 1. The van der Waals surface area contributed by atoms with Gasteiger partial charge in [0.1, 0.15) is 0 Å². The Kier molecular flexibility index (Phi) is 6.55. The predicted octanol–water partition coefficient (Wildman–Crippen LogP) is 3.38. The molecule has 1 aromatic rings. The summed E-state index contributed by atoms with van der Waals surface area (Å²) in [4.78, 5) is 11.5. The average molecular weight is 311 g/mol. The number of nitrogens with one attached hydrogen (secondary N) is 1. The molecule has 1 aromatic carbocycles. The van der Waals surface area contributed by atoms with Crippen molar-refractivity contribution in [3.05, 3.63) is 29.8 Å². The zero-order valence-corrected chi connectivity index (χ0v) is 14.0. The monoisotopic (exact) mass is 311 g/mol. The molecular formula is C16H25NO3S. The zero-order valence-electron chi connectivity index (χ0n) is 13.2. The lowest BCUT2D eigenvalue weighted by molar-refractivity contribution is 0.101. The molecule has 0 aliphatic heterocycles. The van der Waals surface area contributed by atoms with Crippen molar-refractivity contribution in [2.75, 3.05) is 0 Å². The second-order valence-electron chi connectivity index (χ2n) is 5.93. The molecule has 0 aliphatic rings. The largest absolute Gasteiger partial charge is 0.295 e. The first-order valence-electron chi connectivity index (χ1n) is 7.35. The van der Waals surface area contributed by atoms with Crippen LogP contribution in [0.3, 0.4) is 0 Å². The number of hydrogen-bond acceptors (Lipinski definition) is 3. The van der Waals surface area contributed by atoms with Gasteiger partial charge in [-0.3, -0.25) is 4.79 Å². The molecule has 0 aromatic heterocycles.